The molecule has 1 aromatic carbocycles. The molecule has 1 saturated heterocycles. The highest BCUT2D eigenvalue weighted by Gasteiger charge is 2.46. The van der Waals surface area contributed by atoms with E-state index in [1.165, 1.54) is 7.11 Å². The van der Waals surface area contributed by atoms with E-state index in [4.69, 9.17) is 14.2 Å². The predicted octanol–water partition coefficient (Wildman–Crippen LogP) is 4.06. The van der Waals surface area contributed by atoms with Crippen LogP contribution in [0.3, 0.4) is 0 Å². The van der Waals surface area contributed by atoms with Gasteiger partial charge in [0, 0.05) is 17.9 Å². The van der Waals surface area contributed by atoms with E-state index in [1.807, 2.05) is 20.8 Å². The van der Waals surface area contributed by atoms with E-state index in [0.29, 0.717) is 29.7 Å². The minimum atomic E-state index is -1.30. The van der Waals surface area contributed by atoms with Crippen LogP contribution in [0.25, 0.3) is 0 Å². The molecule has 1 N–H and O–H groups in total. The number of rotatable bonds is 7. The van der Waals surface area contributed by atoms with E-state index in [9.17, 15) is 14.7 Å². The molecule has 0 spiro atoms. The number of amides is 2. The molecule has 9 heteroatoms. The Labute approximate surface area is 199 Å². The molecule has 0 aliphatic carbocycles. The van der Waals surface area contributed by atoms with Crippen molar-refractivity contribution < 1.29 is 28.9 Å². The lowest BCUT2D eigenvalue weighted by atomic mass is 10.1. The fourth-order valence-electron chi connectivity index (χ4n) is 4.18. The first-order valence-corrected chi connectivity index (χ1v) is 12.1. The van der Waals surface area contributed by atoms with Gasteiger partial charge in [0.15, 0.2) is 17.7 Å². The lowest BCUT2D eigenvalue weighted by Gasteiger charge is -2.32. The molecule has 3 rings (SSSR count). The zero-order valence-corrected chi connectivity index (χ0v) is 21.0. The van der Waals surface area contributed by atoms with E-state index in [2.05, 4.69) is 20.4 Å². The fourth-order valence-corrected chi connectivity index (χ4v) is 5.26. The summed E-state index contributed by atoms with van der Waals surface area (Å²) in [5.74, 6) is 0.442. The lowest BCUT2D eigenvalue weighted by Crippen LogP contribution is -2.51. The SMILES string of the molecule is C=C1C[C@H]2C(O)N(C(=O)OC[C@H](C)SC(C)C)c3cc(OC(C)C)c(OC)cc3C(=O)N2C1. The Kier molecular flexibility index (Phi) is 7.84. The van der Waals surface area contributed by atoms with E-state index in [-0.39, 0.29) is 35.1 Å². The highest BCUT2D eigenvalue weighted by Crippen LogP contribution is 2.42. The van der Waals surface area contributed by atoms with Crippen LogP contribution in [0, 0.1) is 0 Å². The summed E-state index contributed by atoms with van der Waals surface area (Å²) in [6.07, 6.45) is -1.77. The number of carbonyl (C=O) groups excluding carboxylic acids is 2. The van der Waals surface area contributed by atoms with Crippen molar-refractivity contribution in [1.82, 2.24) is 4.90 Å². The maximum Gasteiger partial charge on any atom is 0.416 e. The Hall–Kier alpha value is -2.39. The molecule has 0 saturated carbocycles. The summed E-state index contributed by atoms with van der Waals surface area (Å²) in [7, 11) is 1.49. The van der Waals surface area contributed by atoms with Gasteiger partial charge in [-0.2, -0.15) is 11.8 Å². The number of anilines is 1. The van der Waals surface area contributed by atoms with Crippen molar-refractivity contribution in [1.29, 1.82) is 0 Å². The Morgan fingerprint density at radius 2 is 1.94 bits per heavy atom. The van der Waals surface area contributed by atoms with Gasteiger partial charge in [-0.1, -0.05) is 26.0 Å². The number of hydrogen-bond donors (Lipinski definition) is 1. The van der Waals surface area contributed by atoms with Gasteiger partial charge in [0.25, 0.3) is 5.91 Å². The van der Waals surface area contributed by atoms with E-state index >= 15 is 0 Å². The number of hydrogen-bond acceptors (Lipinski definition) is 7. The number of fused-ring (bicyclic) bond motifs is 2. The van der Waals surface area contributed by atoms with Gasteiger partial charge in [-0.15, -0.1) is 0 Å². The molecule has 1 aromatic rings. The van der Waals surface area contributed by atoms with Crippen LogP contribution in [0.4, 0.5) is 10.5 Å². The number of nitrogens with zero attached hydrogens (tertiary/aromatic N) is 2. The Balaban J connectivity index is 2.05. The van der Waals surface area contributed by atoms with Crippen molar-refractivity contribution in [2.75, 3.05) is 25.2 Å². The summed E-state index contributed by atoms with van der Waals surface area (Å²) in [6, 6.07) is 2.51. The third-order valence-electron chi connectivity index (χ3n) is 5.44. The molecule has 2 amide bonds. The second kappa shape index (κ2) is 10.3. The number of aliphatic hydroxyl groups excluding tert-OH is 1. The van der Waals surface area contributed by atoms with Gasteiger partial charge in [0.1, 0.15) is 6.61 Å². The van der Waals surface area contributed by atoms with Crippen LogP contribution < -0.4 is 14.4 Å². The van der Waals surface area contributed by atoms with Crippen LogP contribution in [0.5, 0.6) is 11.5 Å². The highest BCUT2D eigenvalue weighted by atomic mass is 32.2. The predicted molar refractivity (Wildman–Crippen MR) is 129 cm³/mol. The maximum atomic E-state index is 13.5. The topological polar surface area (TPSA) is 88.5 Å². The van der Waals surface area contributed by atoms with Gasteiger partial charge in [0.05, 0.1) is 30.5 Å². The minimum absolute atomic E-state index is 0.0811. The smallest absolute Gasteiger partial charge is 0.416 e. The number of ether oxygens (including phenoxy) is 3. The molecule has 1 unspecified atom stereocenters. The summed E-state index contributed by atoms with van der Waals surface area (Å²) in [4.78, 5) is 29.5. The standard InChI is InChI=1S/C24H34N2O6S/c1-13(2)32-21-10-18-17(9-20(21)30-7)22(27)25-11-15(5)8-19(25)23(28)26(18)24(29)31-12-16(6)33-14(3)4/h9-10,13-14,16,19,23,28H,5,8,11-12H2,1-4,6-7H3/t16-,19-,23?/m0/s1. The van der Waals surface area contributed by atoms with Crippen molar-refractivity contribution in [2.24, 2.45) is 0 Å². The summed E-state index contributed by atoms with van der Waals surface area (Å²) in [5, 5.41) is 11.8. The monoisotopic (exact) mass is 478 g/mol. The van der Waals surface area contributed by atoms with Crippen LogP contribution in [0.15, 0.2) is 24.3 Å². The largest absolute Gasteiger partial charge is 0.493 e. The molecular formula is C24H34N2O6S. The van der Waals surface area contributed by atoms with E-state index in [1.54, 1.807) is 28.8 Å². The second-order valence-corrected chi connectivity index (χ2v) is 11.0. The number of aliphatic hydroxyl groups is 1. The molecule has 0 bridgehead atoms. The van der Waals surface area contributed by atoms with Gasteiger partial charge in [-0.3, -0.25) is 4.79 Å². The first-order valence-electron chi connectivity index (χ1n) is 11.2. The van der Waals surface area contributed by atoms with E-state index in [0.717, 1.165) is 10.5 Å². The van der Waals surface area contributed by atoms with Crippen molar-refractivity contribution in [3.05, 3.63) is 29.8 Å². The second-order valence-electron chi connectivity index (χ2n) is 9.00. The third-order valence-corrected chi connectivity index (χ3v) is 6.58. The van der Waals surface area contributed by atoms with Crippen LogP contribution in [0.1, 0.15) is 51.4 Å². The summed E-state index contributed by atoms with van der Waals surface area (Å²) < 4.78 is 16.9. The van der Waals surface area contributed by atoms with Crippen molar-refractivity contribution in [3.8, 4) is 11.5 Å². The van der Waals surface area contributed by atoms with E-state index < -0.39 is 18.4 Å². The molecule has 2 aliphatic rings. The number of carbonyl (C=O) groups is 2. The maximum absolute atomic E-state index is 13.5. The average Bonchev–Trinajstić information content (AvgIpc) is 3.09. The molecule has 3 atom stereocenters. The Morgan fingerprint density at radius 1 is 1.24 bits per heavy atom. The van der Waals surface area contributed by atoms with Crippen molar-refractivity contribution >= 4 is 29.4 Å². The molecule has 0 aromatic heterocycles. The van der Waals surface area contributed by atoms with Crippen LogP contribution >= 0.6 is 11.8 Å². The van der Waals surface area contributed by atoms with Gasteiger partial charge in [-0.25, -0.2) is 9.69 Å². The van der Waals surface area contributed by atoms with Crippen LogP contribution in [-0.2, 0) is 4.74 Å². The number of benzene rings is 1. The zero-order valence-electron chi connectivity index (χ0n) is 20.2. The normalized spacial score (nSPS) is 21.1. The van der Waals surface area contributed by atoms with Crippen LogP contribution in [0.2, 0.25) is 0 Å². The molecule has 8 nitrogen and oxygen atoms in total. The molecule has 2 aliphatic heterocycles. The van der Waals surface area contributed by atoms with Crippen molar-refractivity contribution in [2.45, 2.75) is 69.9 Å². The molecule has 0 radical (unpaired) electrons. The van der Waals surface area contributed by atoms with Gasteiger partial charge in [0.2, 0.25) is 0 Å². The van der Waals surface area contributed by atoms with Gasteiger partial charge >= 0.3 is 6.09 Å². The molecule has 2 heterocycles. The Bertz CT molecular complexity index is 918. The average molecular weight is 479 g/mol. The minimum Gasteiger partial charge on any atom is -0.493 e. The Morgan fingerprint density at radius 3 is 2.55 bits per heavy atom. The number of thioether (sulfide) groups is 1. The third kappa shape index (κ3) is 5.41. The number of methoxy groups -OCH3 is 1. The lowest BCUT2D eigenvalue weighted by molar-refractivity contribution is 0.0491. The molecule has 182 valence electrons. The molecule has 33 heavy (non-hydrogen) atoms. The van der Waals surface area contributed by atoms with Gasteiger partial charge in [-0.05, 0) is 38.5 Å². The van der Waals surface area contributed by atoms with Crippen LogP contribution in [-0.4, -0.2) is 71.1 Å². The summed E-state index contributed by atoms with van der Waals surface area (Å²) in [5.41, 5.74) is 1.29. The first kappa shape index (κ1) is 25.2. The van der Waals surface area contributed by atoms with Crippen molar-refractivity contribution in [3.63, 3.8) is 0 Å². The highest BCUT2D eigenvalue weighted by molar-refractivity contribution is 8.00. The fraction of sp³-hybridized carbons (Fsp3) is 0.583. The summed E-state index contributed by atoms with van der Waals surface area (Å²) in [6.45, 7) is 14.4. The van der Waals surface area contributed by atoms with Gasteiger partial charge < -0.3 is 24.2 Å². The summed E-state index contributed by atoms with van der Waals surface area (Å²) >= 11 is 1.70. The quantitative estimate of drug-likeness (QED) is 0.591. The zero-order chi connectivity index (χ0) is 24.4. The molecular weight excluding hydrogens is 444 g/mol. The first-order chi connectivity index (χ1) is 15.5. The molecule has 1 fully saturated rings.